The van der Waals surface area contributed by atoms with Crippen molar-refractivity contribution < 1.29 is 28.6 Å². The fourth-order valence-corrected chi connectivity index (χ4v) is 7.61. The van der Waals surface area contributed by atoms with Gasteiger partial charge in [-0.25, -0.2) is 0 Å². The van der Waals surface area contributed by atoms with E-state index in [1.807, 2.05) is 0 Å². The van der Waals surface area contributed by atoms with Crippen molar-refractivity contribution >= 4 is 17.9 Å². The lowest BCUT2D eigenvalue weighted by atomic mass is 10.0. The predicted molar refractivity (Wildman–Crippen MR) is 265 cm³/mol. The van der Waals surface area contributed by atoms with Crippen molar-refractivity contribution in [1.82, 2.24) is 0 Å². The molecule has 0 amide bonds. The topological polar surface area (TPSA) is 78.9 Å². The Morgan fingerprint density at radius 1 is 0.339 bits per heavy atom. The van der Waals surface area contributed by atoms with Gasteiger partial charge in [0.2, 0.25) is 0 Å². The number of ether oxygens (including phenoxy) is 3. The second kappa shape index (κ2) is 51.0. The fraction of sp³-hybridized carbons (Fsp3) is 0.804. The lowest BCUT2D eigenvalue weighted by Crippen LogP contribution is -2.30. The molecular formula is C56H100O6. The molecule has 0 bridgehead atoms. The maximum Gasteiger partial charge on any atom is 0.306 e. The molecule has 360 valence electrons. The first-order valence-electron chi connectivity index (χ1n) is 26.6. The Morgan fingerprint density at radius 3 is 0.984 bits per heavy atom. The molecule has 0 fully saturated rings. The second-order valence-corrected chi connectivity index (χ2v) is 17.8. The predicted octanol–water partition coefficient (Wildman–Crippen LogP) is 17.5. The van der Waals surface area contributed by atoms with Crippen molar-refractivity contribution in [2.45, 2.75) is 277 Å². The van der Waals surface area contributed by atoms with Gasteiger partial charge in [-0.2, -0.15) is 0 Å². The Kier molecular flexibility index (Phi) is 48.8. The molecule has 0 aromatic carbocycles. The van der Waals surface area contributed by atoms with Crippen molar-refractivity contribution in [1.29, 1.82) is 0 Å². The van der Waals surface area contributed by atoms with Crippen LogP contribution in [0.25, 0.3) is 0 Å². The van der Waals surface area contributed by atoms with Gasteiger partial charge in [0, 0.05) is 19.3 Å². The third-order valence-corrected chi connectivity index (χ3v) is 11.6. The first-order valence-corrected chi connectivity index (χ1v) is 26.6. The number of unbranched alkanes of at least 4 members (excludes halogenated alkanes) is 29. The van der Waals surface area contributed by atoms with Crippen LogP contribution >= 0.6 is 0 Å². The zero-order chi connectivity index (χ0) is 45.1. The highest BCUT2D eigenvalue weighted by atomic mass is 16.6. The molecule has 62 heavy (non-hydrogen) atoms. The van der Waals surface area contributed by atoms with E-state index in [1.165, 1.54) is 148 Å². The zero-order valence-electron chi connectivity index (χ0n) is 41.1. The van der Waals surface area contributed by atoms with Crippen molar-refractivity contribution in [3.05, 3.63) is 48.6 Å². The second-order valence-electron chi connectivity index (χ2n) is 17.8. The number of carbonyl (C=O) groups is 3. The monoisotopic (exact) mass is 869 g/mol. The molecule has 0 radical (unpaired) electrons. The summed E-state index contributed by atoms with van der Waals surface area (Å²) in [5.74, 6) is -0.878. The average molecular weight is 869 g/mol. The lowest BCUT2D eigenvalue weighted by molar-refractivity contribution is -0.167. The van der Waals surface area contributed by atoms with Crippen molar-refractivity contribution in [3.63, 3.8) is 0 Å². The van der Waals surface area contributed by atoms with Gasteiger partial charge in [-0.15, -0.1) is 0 Å². The summed E-state index contributed by atoms with van der Waals surface area (Å²) in [7, 11) is 0. The van der Waals surface area contributed by atoms with Crippen LogP contribution in [-0.2, 0) is 28.6 Å². The zero-order valence-corrected chi connectivity index (χ0v) is 41.1. The van der Waals surface area contributed by atoms with E-state index in [2.05, 4.69) is 69.4 Å². The molecule has 0 aromatic heterocycles. The Bertz CT molecular complexity index is 1090. The highest BCUT2D eigenvalue weighted by Gasteiger charge is 2.19. The molecular weight excluding hydrogens is 769 g/mol. The van der Waals surface area contributed by atoms with Crippen LogP contribution in [-0.4, -0.2) is 37.2 Å². The Hall–Kier alpha value is -2.63. The first-order chi connectivity index (χ1) is 30.5. The minimum atomic E-state index is -0.761. The molecule has 0 aliphatic heterocycles. The van der Waals surface area contributed by atoms with Gasteiger partial charge in [0.15, 0.2) is 6.10 Å². The summed E-state index contributed by atoms with van der Waals surface area (Å²) in [4.78, 5) is 37.5. The molecule has 0 aliphatic carbocycles. The van der Waals surface area contributed by atoms with Gasteiger partial charge < -0.3 is 14.2 Å². The minimum Gasteiger partial charge on any atom is -0.462 e. The number of esters is 3. The van der Waals surface area contributed by atoms with Crippen LogP contribution < -0.4 is 0 Å². The van der Waals surface area contributed by atoms with Crippen molar-refractivity contribution in [3.8, 4) is 0 Å². The summed E-state index contributed by atoms with van der Waals surface area (Å²) in [6.07, 6.45) is 61.7. The van der Waals surface area contributed by atoms with E-state index in [-0.39, 0.29) is 31.1 Å². The van der Waals surface area contributed by atoms with Crippen LogP contribution in [0, 0.1) is 0 Å². The number of carbonyl (C=O) groups excluding carboxylic acids is 3. The lowest BCUT2D eigenvalue weighted by Gasteiger charge is -2.18. The molecule has 6 nitrogen and oxygen atoms in total. The number of hydrogen-bond acceptors (Lipinski definition) is 6. The summed E-state index contributed by atoms with van der Waals surface area (Å²) in [5.41, 5.74) is 0. The van der Waals surface area contributed by atoms with Crippen molar-refractivity contribution in [2.75, 3.05) is 13.2 Å². The maximum atomic E-state index is 12.6. The highest BCUT2D eigenvalue weighted by Crippen LogP contribution is 2.16. The van der Waals surface area contributed by atoms with Gasteiger partial charge in [0.05, 0.1) is 0 Å². The first kappa shape index (κ1) is 59.4. The van der Waals surface area contributed by atoms with Gasteiger partial charge in [0.25, 0.3) is 0 Å². The molecule has 0 rings (SSSR count). The molecule has 1 atom stereocenters. The number of allylic oxidation sites excluding steroid dienone is 8. The minimum absolute atomic E-state index is 0.0689. The van der Waals surface area contributed by atoms with Gasteiger partial charge in [-0.1, -0.05) is 243 Å². The quantitative estimate of drug-likeness (QED) is 0.0262. The van der Waals surface area contributed by atoms with Gasteiger partial charge in [-0.3, -0.25) is 14.4 Å². The highest BCUT2D eigenvalue weighted by molar-refractivity contribution is 5.71. The molecule has 0 aliphatic rings. The Balaban J connectivity index is 3.84. The summed E-state index contributed by atoms with van der Waals surface area (Å²) in [5, 5.41) is 0. The Labute approximate surface area is 384 Å². The molecule has 6 heteroatoms. The standard InChI is InChI=1S/C56H100O6/c1-4-7-10-13-16-17-18-19-20-21-22-23-24-25-26-27-28-29-30-31-32-33-34-35-36-37-38-39-41-43-46-49-55(58)61-52-53(51-60-54(57)48-45-42-15-12-9-6-3)62-56(59)50-47-44-40-14-11-8-5-2/h7,10,16-17,19-20,22-23,53H,4-6,8-9,11-15,18,21,24-52H2,1-3H3/b10-7-,17-16-,20-19-,23-22-. The average Bonchev–Trinajstić information content (AvgIpc) is 3.27. The van der Waals surface area contributed by atoms with Crippen LogP contribution in [0.5, 0.6) is 0 Å². The summed E-state index contributed by atoms with van der Waals surface area (Å²) < 4.78 is 16.6. The van der Waals surface area contributed by atoms with E-state index in [1.54, 1.807) is 0 Å². The summed E-state index contributed by atoms with van der Waals surface area (Å²) in [6, 6.07) is 0. The summed E-state index contributed by atoms with van der Waals surface area (Å²) >= 11 is 0. The van der Waals surface area contributed by atoms with Crippen LogP contribution in [0.3, 0.4) is 0 Å². The van der Waals surface area contributed by atoms with Crippen LogP contribution in [0.4, 0.5) is 0 Å². The van der Waals surface area contributed by atoms with Crippen molar-refractivity contribution in [2.24, 2.45) is 0 Å². The maximum absolute atomic E-state index is 12.6. The molecule has 0 heterocycles. The fourth-order valence-electron chi connectivity index (χ4n) is 7.61. The molecule has 0 saturated carbocycles. The van der Waals surface area contributed by atoms with Crippen LogP contribution in [0.2, 0.25) is 0 Å². The largest absolute Gasteiger partial charge is 0.462 e. The van der Waals surface area contributed by atoms with E-state index in [0.717, 1.165) is 83.5 Å². The molecule has 0 saturated heterocycles. The molecule has 1 unspecified atom stereocenters. The molecule has 0 N–H and O–H groups in total. The van der Waals surface area contributed by atoms with Gasteiger partial charge in [-0.05, 0) is 57.8 Å². The van der Waals surface area contributed by atoms with E-state index in [9.17, 15) is 14.4 Å². The molecule has 0 spiro atoms. The van der Waals surface area contributed by atoms with E-state index >= 15 is 0 Å². The van der Waals surface area contributed by atoms with E-state index in [0.29, 0.717) is 19.3 Å². The summed E-state index contributed by atoms with van der Waals surface area (Å²) in [6.45, 7) is 6.43. The van der Waals surface area contributed by atoms with Crippen LogP contribution in [0.1, 0.15) is 271 Å². The third kappa shape index (κ3) is 48.4. The van der Waals surface area contributed by atoms with E-state index in [4.69, 9.17) is 14.2 Å². The normalized spacial score (nSPS) is 12.4. The van der Waals surface area contributed by atoms with Crippen LogP contribution in [0.15, 0.2) is 48.6 Å². The smallest absolute Gasteiger partial charge is 0.306 e. The molecule has 0 aromatic rings. The van der Waals surface area contributed by atoms with Gasteiger partial charge >= 0.3 is 17.9 Å². The van der Waals surface area contributed by atoms with E-state index < -0.39 is 6.10 Å². The van der Waals surface area contributed by atoms with Gasteiger partial charge in [0.1, 0.15) is 13.2 Å². The third-order valence-electron chi connectivity index (χ3n) is 11.6. The SMILES string of the molecule is CC/C=C\C/C=C\C/C=C\C/C=C\CCCCCCCCCCCCCCCCCCCCC(=O)OCC(COC(=O)CCCCCCCC)OC(=O)CCCCCCCCC. The number of hydrogen-bond donors (Lipinski definition) is 0. The Morgan fingerprint density at radius 2 is 0.629 bits per heavy atom. The number of rotatable bonds is 48.